The molecule has 1 heterocycles. The zero-order chi connectivity index (χ0) is 17.6. The summed E-state index contributed by atoms with van der Waals surface area (Å²) >= 11 is 0. The molecule has 1 amide bonds. The Labute approximate surface area is 152 Å². The normalized spacial score (nSPS) is 27.8. The number of nitrogens with zero attached hydrogens (tertiary/aromatic N) is 1. The standard InChI is InChI=1S/C21H33N3O/c1-16-4-3-11-24(14-16)15-18-9-7-17(8-10-18)13-23-21(25)19-5-2-6-20(22)12-19/h7-10,16,19-20H,2-6,11-15,22H2,1H3,(H,23,25). The molecule has 0 bridgehead atoms. The lowest BCUT2D eigenvalue weighted by molar-refractivity contribution is -0.126. The number of hydrogen-bond acceptors (Lipinski definition) is 3. The highest BCUT2D eigenvalue weighted by Gasteiger charge is 2.25. The summed E-state index contributed by atoms with van der Waals surface area (Å²) in [5, 5.41) is 3.09. The Bertz CT molecular complexity index is 557. The molecule has 1 aromatic rings. The number of carbonyl (C=O) groups excluding carboxylic acids is 1. The minimum Gasteiger partial charge on any atom is -0.352 e. The van der Waals surface area contributed by atoms with Gasteiger partial charge in [-0.15, -0.1) is 0 Å². The van der Waals surface area contributed by atoms with E-state index < -0.39 is 0 Å². The lowest BCUT2D eigenvalue weighted by atomic mass is 9.85. The van der Waals surface area contributed by atoms with Crippen molar-refractivity contribution in [3.8, 4) is 0 Å². The van der Waals surface area contributed by atoms with Crippen LogP contribution in [0.1, 0.15) is 56.6 Å². The first kappa shape index (κ1) is 18.4. The first-order valence-corrected chi connectivity index (χ1v) is 9.93. The van der Waals surface area contributed by atoms with E-state index in [2.05, 4.69) is 41.4 Å². The van der Waals surface area contributed by atoms with E-state index in [0.717, 1.165) is 38.1 Å². The second kappa shape index (κ2) is 8.81. The Hall–Kier alpha value is -1.39. The summed E-state index contributed by atoms with van der Waals surface area (Å²) in [6, 6.07) is 8.90. The Morgan fingerprint density at radius 2 is 1.92 bits per heavy atom. The van der Waals surface area contributed by atoms with Gasteiger partial charge >= 0.3 is 0 Å². The topological polar surface area (TPSA) is 58.4 Å². The maximum atomic E-state index is 12.3. The molecule has 3 unspecified atom stereocenters. The van der Waals surface area contributed by atoms with Gasteiger partial charge in [0.15, 0.2) is 0 Å². The molecule has 4 nitrogen and oxygen atoms in total. The van der Waals surface area contributed by atoms with E-state index in [-0.39, 0.29) is 17.9 Å². The van der Waals surface area contributed by atoms with E-state index in [4.69, 9.17) is 5.73 Å². The molecule has 3 N–H and O–H groups in total. The zero-order valence-corrected chi connectivity index (χ0v) is 15.5. The van der Waals surface area contributed by atoms with Crippen LogP contribution in [0, 0.1) is 11.8 Å². The van der Waals surface area contributed by atoms with Crippen molar-refractivity contribution in [3.05, 3.63) is 35.4 Å². The van der Waals surface area contributed by atoms with Crippen LogP contribution >= 0.6 is 0 Å². The lowest BCUT2D eigenvalue weighted by Crippen LogP contribution is -2.37. The second-order valence-electron chi connectivity index (χ2n) is 8.14. The molecule has 0 aromatic heterocycles. The molecule has 1 saturated heterocycles. The van der Waals surface area contributed by atoms with E-state index in [1.54, 1.807) is 0 Å². The van der Waals surface area contributed by atoms with Crippen LogP contribution in [0.2, 0.25) is 0 Å². The molecule has 3 atom stereocenters. The maximum Gasteiger partial charge on any atom is 0.223 e. The largest absolute Gasteiger partial charge is 0.352 e. The highest BCUT2D eigenvalue weighted by Crippen LogP contribution is 2.23. The van der Waals surface area contributed by atoms with Crippen LogP contribution in [0.4, 0.5) is 0 Å². The molecule has 4 heteroatoms. The number of likely N-dealkylation sites (tertiary alicyclic amines) is 1. The number of amides is 1. The fraction of sp³-hybridized carbons (Fsp3) is 0.667. The van der Waals surface area contributed by atoms with E-state index >= 15 is 0 Å². The average Bonchev–Trinajstić information content (AvgIpc) is 2.61. The number of nitrogens with one attached hydrogen (secondary N) is 1. The fourth-order valence-electron chi connectivity index (χ4n) is 4.25. The van der Waals surface area contributed by atoms with Gasteiger partial charge < -0.3 is 11.1 Å². The van der Waals surface area contributed by atoms with Gasteiger partial charge in [-0.1, -0.05) is 37.6 Å². The van der Waals surface area contributed by atoms with Gasteiger partial charge in [-0.3, -0.25) is 9.69 Å². The van der Waals surface area contributed by atoms with E-state index in [1.165, 1.54) is 37.1 Å². The maximum absolute atomic E-state index is 12.3. The molecule has 2 fully saturated rings. The third-order valence-corrected chi connectivity index (χ3v) is 5.72. The number of piperidine rings is 1. The summed E-state index contributed by atoms with van der Waals surface area (Å²) in [6.07, 6.45) is 6.62. The number of rotatable bonds is 5. The van der Waals surface area contributed by atoms with Gasteiger partial charge in [0, 0.05) is 31.6 Å². The molecular weight excluding hydrogens is 310 g/mol. The molecule has 0 radical (unpaired) electrons. The van der Waals surface area contributed by atoms with Gasteiger partial charge in [-0.2, -0.15) is 0 Å². The molecule has 138 valence electrons. The van der Waals surface area contributed by atoms with Crippen molar-refractivity contribution in [3.63, 3.8) is 0 Å². The lowest BCUT2D eigenvalue weighted by Gasteiger charge is -2.30. The van der Waals surface area contributed by atoms with Crippen molar-refractivity contribution < 1.29 is 4.79 Å². The zero-order valence-electron chi connectivity index (χ0n) is 15.5. The first-order chi connectivity index (χ1) is 12.1. The van der Waals surface area contributed by atoms with Crippen LogP contribution in [0.3, 0.4) is 0 Å². The number of carbonyl (C=O) groups is 1. The van der Waals surface area contributed by atoms with E-state index in [1.807, 2.05) is 0 Å². The van der Waals surface area contributed by atoms with Crippen molar-refractivity contribution in [2.45, 2.75) is 64.6 Å². The molecule has 2 aliphatic rings. The van der Waals surface area contributed by atoms with Gasteiger partial charge in [0.1, 0.15) is 0 Å². The molecule has 3 rings (SSSR count). The van der Waals surface area contributed by atoms with Crippen LogP contribution in [-0.2, 0) is 17.9 Å². The Balaban J connectivity index is 1.45. The summed E-state index contributed by atoms with van der Waals surface area (Å²) in [4.78, 5) is 14.9. The predicted molar refractivity (Wildman–Crippen MR) is 102 cm³/mol. The van der Waals surface area contributed by atoms with Crippen LogP contribution < -0.4 is 11.1 Å². The quantitative estimate of drug-likeness (QED) is 0.864. The van der Waals surface area contributed by atoms with Crippen LogP contribution in [0.15, 0.2) is 24.3 Å². The Morgan fingerprint density at radius 1 is 1.16 bits per heavy atom. The molecule has 1 aliphatic heterocycles. The molecule has 1 saturated carbocycles. The molecule has 0 spiro atoms. The SMILES string of the molecule is CC1CCCN(Cc2ccc(CNC(=O)C3CCCC(N)C3)cc2)C1. The van der Waals surface area contributed by atoms with Crippen molar-refractivity contribution in [1.82, 2.24) is 10.2 Å². The number of benzene rings is 1. The van der Waals surface area contributed by atoms with Crippen molar-refractivity contribution in [2.24, 2.45) is 17.6 Å². The summed E-state index contributed by atoms with van der Waals surface area (Å²) in [7, 11) is 0. The monoisotopic (exact) mass is 343 g/mol. The highest BCUT2D eigenvalue weighted by atomic mass is 16.1. The Kier molecular flexibility index (Phi) is 6.49. The minimum atomic E-state index is 0.101. The summed E-state index contributed by atoms with van der Waals surface area (Å²) in [5.41, 5.74) is 8.52. The van der Waals surface area contributed by atoms with Gasteiger partial charge in [-0.25, -0.2) is 0 Å². The van der Waals surface area contributed by atoms with E-state index in [0.29, 0.717) is 6.54 Å². The molecule has 25 heavy (non-hydrogen) atoms. The van der Waals surface area contributed by atoms with Gasteiger partial charge in [0.2, 0.25) is 5.91 Å². The van der Waals surface area contributed by atoms with Gasteiger partial charge in [0.05, 0.1) is 0 Å². The summed E-state index contributed by atoms with van der Waals surface area (Å²) < 4.78 is 0. The Morgan fingerprint density at radius 3 is 2.64 bits per heavy atom. The van der Waals surface area contributed by atoms with Crippen molar-refractivity contribution in [2.75, 3.05) is 13.1 Å². The second-order valence-corrected chi connectivity index (χ2v) is 8.14. The minimum absolute atomic E-state index is 0.101. The van der Waals surface area contributed by atoms with Gasteiger partial charge in [-0.05, 0) is 55.7 Å². The fourth-order valence-corrected chi connectivity index (χ4v) is 4.25. The third-order valence-electron chi connectivity index (χ3n) is 5.72. The summed E-state index contributed by atoms with van der Waals surface area (Å²) in [5.74, 6) is 1.08. The molecule has 1 aromatic carbocycles. The van der Waals surface area contributed by atoms with Crippen molar-refractivity contribution >= 4 is 5.91 Å². The van der Waals surface area contributed by atoms with Crippen molar-refractivity contribution in [1.29, 1.82) is 0 Å². The smallest absolute Gasteiger partial charge is 0.223 e. The predicted octanol–water partition coefficient (Wildman–Crippen LogP) is 3.05. The number of hydrogen-bond donors (Lipinski definition) is 2. The van der Waals surface area contributed by atoms with Gasteiger partial charge in [0.25, 0.3) is 0 Å². The molecule has 1 aliphatic carbocycles. The number of nitrogens with two attached hydrogens (primary N) is 1. The third kappa shape index (κ3) is 5.55. The van der Waals surface area contributed by atoms with Crippen LogP contribution in [-0.4, -0.2) is 29.9 Å². The first-order valence-electron chi connectivity index (χ1n) is 9.93. The summed E-state index contributed by atoms with van der Waals surface area (Å²) in [6.45, 7) is 6.42. The average molecular weight is 344 g/mol. The van der Waals surface area contributed by atoms with Crippen LogP contribution in [0.5, 0.6) is 0 Å². The molecular formula is C21H33N3O. The van der Waals surface area contributed by atoms with E-state index in [9.17, 15) is 4.79 Å². The van der Waals surface area contributed by atoms with Crippen LogP contribution in [0.25, 0.3) is 0 Å². The highest BCUT2D eigenvalue weighted by molar-refractivity contribution is 5.78.